The highest BCUT2D eigenvalue weighted by molar-refractivity contribution is 6.05. The van der Waals surface area contributed by atoms with Crippen LogP contribution in [0.2, 0.25) is 0 Å². The maximum Gasteiger partial charge on any atom is 0.243 e. The van der Waals surface area contributed by atoms with Gasteiger partial charge >= 0.3 is 0 Å². The van der Waals surface area contributed by atoms with Crippen LogP contribution < -0.4 is 4.74 Å². The van der Waals surface area contributed by atoms with Gasteiger partial charge in [0.05, 0.1) is 12.3 Å². The van der Waals surface area contributed by atoms with Crippen LogP contribution in [0.15, 0.2) is 17.2 Å². The van der Waals surface area contributed by atoms with Crippen LogP contribution in [-0.4, -0.2) is 29.8 Å². The van der Waals surface area contributed by atoms with Crippen molar-refractivity contribution in [2.75, 3.05) is 13.2 Å². The van der Waals surface area contributed by atoms with Crippen molar-refractivity contribution in [3.63, 3.8) is 0 Å². The molecule has 0 aliphatic carbocycles. The zero-order valence-electron chi connectivity index (χ0n) is 15.7. The van der Waals surface area contributed by atoms with Crippen molar-refractivity contribution in [3.05, 3.63) is 28.8 Å². The second-order valence-corrected chi connectivity index (χ2v) is 6.72. The summed E-state index contributed by atoms with van der Waals surface area (Å²) in [6.45, 7) is 12.0. The molecule has 0 saturated carbocycles. The third-order valence-electron chi connectivity index (χ3n) is 4.45. The first-order valence-electron chi connectivity index (χ1n) is 9.13. The van der Waals surface area contributed by atoms with Gasteiger partial charge in [-0.15, -0.1) is 0 Å². The van der Waals surface area contributed by atoms with Gasteiger partial charge in [0.1, 0.15) is 5.75 Å². The molecular formula is C20H30N2O2. The molecule has 0 fully saturated rings. The van der Waals surface area contributed by atoms with Crippen LogP contribution in [0, 0.1) is 6.92 Å². The fraction of sp³-hybridized carbons (Fsp3) is 0.600. The van der Waals surface area contributed by atoms with E-state index in [1.54, 1.807) is 5.01 Å². The number of hydrogen-bond acceptors (Lipinski definition) is 3. The Hall–Kier alpha value is -1.84. The predicted molar refractivity (Wildman–Crippen MR) is 98.8 cm³/mol. The lowest BCUT2D eigenvalue weighted by atomic mass is 9.92. The minimum Gasteiger partial charge on any atom is -0.493 e. The monoisotopic (exact) mass is 330 g/mol. The molecule has 0 N–H and O–H groups in total. The molecule has 0 aromatic heterocycles. The molecule has 0 saturated heterocycles. The molecule has 0 spiro atoms. The molecule has 1 aliphatic heterocycles. The fourth-order valence-electron chi connectivity index (χ4n) is 2.95. The number of benzene rings is 1. The van der Waals surface area contributed by atoms with Crippen LogP contribution in [0.3, 0.4) is 0 Å². The van der Waals surface area contributed by atoms with Gasteiger partial charge < -0.3 is 4.74 Å². The van der Waals surface area contributed by atoms with E-state index in [0.29, 0.717) is 25.3 Å². The third kappa shape index (κ3) is 4.16. The zero-order valence-corrected chi connectivity index (χ0v) is 15.7. The van der Waals surface area contributed by atoms with Gasteiger partial charge in [0.2, 0.25) is 5.91 Å². The van der Waals surface area contributed by atoms with Crippen molar-refractivity contribution < 1.29 is 9.53 Å². The van der Waals surface area contributed by atoms with Crippen LogP contribution >= 0.6 is 0 Å². The maximum absolute atomic E-state index is 11.9. The number of aryl methyl sites for hydroxylation is 1. The zero-order chi connectivity index (χ0) is 17.7. The number of carbonyl (C=O) groups excluding carboxylic acids is 1. The molecule has 2 rings (SSSR count). The molecule has 0 radical (unpaired) electrons. The fourth-order valence-corrected chi connectivity index (χ4v) is 2.95. The van der Waals surface area contributed by atoms with Crippen LogP contribution in [0.1, 0.15) is 76.0 Å². The number of nitrogens with zero attached hydrogens (tertiary/aromatic N) is 2. The van der Waals surface area contributed by atoms with Crippen LogP contribution in [0.4, 0.5) is 0 Å². The number of carbonyl (C=O) groups is 1. The lowest BCUT2D eigenvalue weighted by Crippen LogP contribution is -2.32. The number of ether oxygens (including phenoxy) is 1. The summed E-state index contributed by atoms with van der Waals surface area (Å²) < 4.78 is 6.02. The summed E-state index contributed by atoms with van der Waals surface area (Å²) in [5, 5.41) is 6.16. The lowest BCUT2D eigenvalue weighted by Gasteiger charge is -2.24. The van der Waals surface area contributed by atoms with Crippen molar-refractivity contribution in [2.45, 2.75) is 66.2 Å². The average Bonchev–Trinajstić information content (AvgIpc) is 2.55. The van der Waals surface area contributed by atoms with E-state index in [2.05, 4.69) is 44.9 Å². The summed E-state index contributed by atoms with van der Waals surface area (Å²) in [5.74, 6) is 1.48. The van der Waals surface area contributed by atoms with Gasteiger partial charge in [-0.25, -0.2) is 5.01 Å². The van der Waals surface area contributed by atoms with Crippen LogP contribution in [0.25, 0.3) is 0 Å². The molecule has 132 valence electrons. The van der Waals surface area contributed by atoms with E-state index in [4.69, 9.17) is 4.74 Å². The Labute approximate surface area is 145 Å². The molecule has 1 aromatic rings. The Balaban J connectivity index is 2.37. The van der Waals surface area contributed by atoms with Gasteiger partial charge in [-0.1, -0.05) is 27.2 Å². The van der Waals surface area contributed by atoms with Gasteiger partial charge in [0.15, 0.2) is 0 Å². The Bertz CT molecular complexity index is 620. The van der Waals surface area contributed by atoms with E-state index >= 15 is 0 Å². The molecule has 4 nitrogen and oxygen atoms in total. The molecule has 1 amide bonds. The normalized spacial score (nSPS) is 15.0. The standard InChI is InChI=1S/C20H30N2O2/c1-6-8-11-24-19-12-15(5)17(13-16(19)14(3)4)18-9-10-20(23)22(7-2)21-18/h12-14H,6-11H2,1-5H3. The summed E-state index contributed by atoms with van der Waals surface area (Å²) in [6, 6.07) is 4.35. The molecule has 1 aliphatic rings. The third-order valence-corrected chi connectivity index (χ3v) is 4.45. The molecule has 1 heterocycles. The average molecular weight is 330 g/mol. The summed E-state index contributed by atoms with van der Waals surface area (Å²) in [6.07, 6.45) is 3.45. The summed E-state index contributed by atoms with van der Waals surface area (Å²) in [7, 11) is 0. The van der Waals surface area contributed by atoms with Crippen molar-refractivity contribution in [1.82, 2.24) is 5.01 Å². The molecule has 0 atom stereocenters. The van der Waals surface area contributed by atoms with Gasteiger partial charge in [-0.3, -0.25) is 4.79 Å². The number of hydrazone groups is 1. The summed E-state index contributed by atoms with van der Waals surface area (Å²) in [5.41, 5.74) is 4.54. The molecule has 4 heteroatoms. The molecular weight excluding hydrogens is 300 g/mol. The first-order valence-corrected chi connectivity index (χ1v) is 9.13. The first-order chi connectivity index (χ1) is 11.5. The smallest absolute Gasteiger partial charge is 0.243 e. The first kappa shape index (κ1) is 18.5. The maximum atomic E-state index is 11.9. The Kier molecular flexibility index (Phi) is 6.41. The summed E-state index contributed by atoms with van der Waals surface area (Å²) in [4.78, 5) is 11.9. The van der Waals surface area contributed by atoms with Crippen molar-refractivity contribution in [1.29, 1.82) is 0 Å². The van der Waals surface area contributed by atoms with E-state index in [1.165, 1.54) is 5.56 Å². The highest BCUT2D eigenvalue weighted by Crippen LogP contribution is 2.31. The van der Waals surface area contributed by atoms with Crippen molar-refractivity contribution >= 4 is 11.6 Å². The minimum atomic E-state index is 0.113. The Morgan fingerprint density at radius 1 is 1.25 bits per heavy atom. The van der Waals surface area contributed by atoms with Gasteiger partial charge in [-0.05, 0) is 49.4 Å². The topological polar surface area (TPSA) is 41.9 Å². The van der Waals surface area contributed by atoms with Crippen molar-refractivity contribution in [3.8, 4) is 5.75 Å². The highest BCUT2D eigenvalue weighted by Gasteiger charge is 2.22. The number of hydrogen-bond donors (Lipinski definition) is 0. The van der Waals surface area contributed by atoms with E-state index in [0.717, 1.165) is 42.0 Å². The minimum absolute atomic E-state index is 0.113. The van der Waals surface area contributed by atoms with E-state index in [9.17, 15) is 4.79 Å². The van der Waals surface area contributed by atoms with E-state index in [-0.39, 0.29) is 5.91 Å². The number of unbranched alkanes of at least 4 members (excludes halogenated alkanes) is 1. The number of amides is 1. The highest BCUT2D eigenvalue weighted by atomic mass is 16.5. The second kappa shape index (κ2) is 8.32. The van der Waals surface area contributed by atoms with E-state index < -0.39 is 0 Å². The Morgan fingerprint density at radius 2 is 2.00 bits per heavy atom. The van der Waals surface area contributed by atoms with Crippen LogP contribution in [-0.2, 0) is 4.79 Å². The largest absolute Gasteiger partial charge is 0.493 e. The molecule has 24 heavy (non-hydrogen) atoms. The van der Waals surface area contributed by atoms with Gasteiger partial charge in [-0.2, -0.15) is 5.10 Å². The lowest BCUT2D eigenvalue weighted by molar-refractivity contribution is -0.131. The summed E-state index contributed by atoms with van der Waals surface area (Å²) >= 11 is 0. The molecule has 1 aromatic carbocycles. The van der Waals surface area contributed by atoms with Gasteiger partial charge in [0, 0.05) is 24.9 Å². The SMILES string of the molecule is CCCCOc1cc(C)c(C2=NN(CC)C(=O)CC2)cc1C(C)C. The second-order valence-electron chi connectivity index (χ2n) is 6.72. The van der Waals surface area contributed by atoms with Gasteiger partial charge in [0.25, 0.3) is 0 Å². The number of rotatable bonds is 7. The predicted octanol–water partition coefficient (Wildman–Crippen LogP) is 4.64. The Morgan fingerprint density at radius 3 is 2.62 bits per heavy atom. The molecule has 0 unspecified atom stereocenters. The van der Waals surface area contributed by atoms with E-state index in [1.807, 2.05) is 6.92 Å². The quantitative estimate of drug-likeness (QED) is 0.683. The molecule has 0 bridgehead atoms. The van der Waals surface area contributed by atoms with Crippen molar-refractivity contribution in [2.24, 2.45) is 5.10 Å². The van der Waals surface area contributed by atoms with Crippen LogP contribution in [0.5, 0.6) is 5.75 Å².